The van der Waals surface area contributed by atoms with Gasteiger partial charge in [0.25, 0.3) is 15.9 Å². The molecule has 0 spiro atoms. The Bertz CT molecular complexity index is 1110. The quantitative estimate of drug-likeness (QED) is 0.737. The molecule has 0 aromatic heterocycles. The van der Waals surface area contributed by atoms with Crippen molar-refractivity contribution < 1.29 is 36.0 Å². The standard InChI is InChI=1S/C19H20F3N3O5S/c1-10-15(11(2)30-24-10)31(27,28)25-9-18(3,4)16(17(25)26)29-13-6-5-12(8-23)14(7-13)19(20,21)22/h5-7,10,16,24H,9H2,1-4H3. The van der Waals surface area contributed by atoms with Crippen molar-refractivity contribution in [2.75, 3.05) is 6.54 Å². The number of halogens is 3. The Balaban J connectivity index is 1.95. The van der Waals surface area contributed by atoms with Crippen LogP contribution in [0.1, 0.15) is 38.8 Å². The zero-order valence-electron chi connectivity index (χ0n) is 17.1. The zero-order valence-corrected chi connectivity index (χ0v) is 17.9. The van der Waals surface area contributed by atoms with Crippen LogP contribution >= 0.6 is 0 Å². The Morgan fingerprint density at radius 1 is 1.35 bits per heavy atom. The molecular weight excluding hydrogens is 439 g/mol. The van der Waals surface area contributed by atoms with E-state index in [9.17, 15) is 26.4 Å². The van der Waals surface area contributed by atoms with Crippen LogP contribution in [0.25, 0.3) is 0 Å². The molecule has 1 fully saturated rings. The van der Waals surface area contributed by atoms with Gasteiger partial charge in [0.15, 0.2) is 6.10 Å². The molecule has 8 nitrogen and oxygen atoms in total. The lowest BCUT2D eigenvalue weighted by Crippen LogP contribution is -2.40. The topological polar surface area (TPSA) is 109 Å². The molecule has 1 aromatic carbocycles. The second kappa shape index (κ2) is 7.42. The number of hydroxylamine groups is 1. The molecule has 0 aliphatic carbocycles. The lowest BCUT2D eigenvalue weighted by atomic mass is 9.89. The van der Waals surface area contributed by atoms with Gasteiger partial charge < -0.3 is 9.57 Å². The summed E-state index contributed by atoms with van der Waals surface area (Å²) in [4.78, 5) is 18.0. The van der Waals surface area contributed by atoms with Crippen molar-refractivity contribution in [2.24, 2.45) is 5.41 Å². The number of hydrogen-bond donors (Lipinski definition) is 1. The van der Waals surface area contributed by atoms with Crippen LogP contribution in [0.5, 0.6) is 5.75 Å². The number of sulfonamides is 1. The number of ether oxygens (including phenoxy) is 1. The maximum absolute atomic E-state index is 13.2. The van der Waals surface area contributed by atoms with Crippen molar-refractivity contribution in [3.8, 4) is 11.8 Å². The molecular formula is C19H20F3N3O5S. The number of nitrogens with one attached hydrogen (secondary N) is 1. The van der Waals surface area contributed by atoms with Gasteiger partial charge in [0.05, 0.1) is 23.2 Å². The predicted octanol–water partition coefficient (Wildman–Crippen LogP) is 2.68. The first-order chi connectivity index (χ1) is 14.2. The fraction of sp³-hybridized carbons (Fsp3) is 0.474. The third kappa shape index (κ3) is 3.95. The highest BCUT2D eigenvalue weighted by atomic mass is 32.2. The first-order valence-corrected chi connectivity index (χ1v) is 10.6. The van der Waals surface area contributed by atoms with Crippen LogP contribution in [0.3, 0.4) is 0 Å². The fourth-order valence-corrected chi connectivity index (χ4v) is 5.56. The third-order valence-electron chi connectivity index (χ3n) is 5.10. The van der Waals surface area contributed by atoms with Gasteiger partial charge in [-0.2, -0.15) is 18.4 Å². The molecule has 0 saturated carbocycles. The van der Waals surface area contributed by atoms with E-state index in [1.807, 2.05) is 0 Å². The van der Waals surface area contributed by atoms with Crippen LogP contribution in [0.15, 0.2) is 28.9 Å². The van der Waals surface area contributed by atoms with E-state index in [0.717, 1.165) is 12.1 Å². The summed E-state index contributed by atoms with van der Waals surface area (Å²) in [7, 11) is -4.25. The molecule has 1 amide bonds. The number of rotatable bonds is 4. The maximum Gasteiger partial charge on any atom is 0.417 e. The number of carbonyl (C=O) groups excluding carboxylic acids is 1. The average Bonchev–Trinajstić information content (AvgIpc) is 3.12. The summed E-state index contributed by atoms with van der Waals surface area (Å²) in [5.74, 6) is -1.10. The molecule has 1 saturated heterocycles. The minimum atomic E-state index is -4.80. The molecule has 2 unspecified atom stereocenters. The Morgan fingerprint density at radius 3 is 2.52 bits per heavy atom. The molecule has 2 atom stereocenters. The summed E-state index contributed by atoms with van der Waals surface area (Å²) in [5, 5.41) is 8.91. The van der Waals surface area contributed by atoms with E-state index in [4.69, 9.17) is 14.8 Å². The van der Waals surface area contributed by atoms with Crippen molar-refractivity contribution >= 4 is 15.9 Å². The normalized spacial score (nSPS) is 23.7. The van der Waals surface area contributed by atoms with Crippen LogP contribution in [-0.2, 0) is 25.8 Å². The molecule has 2 heterocycles. The molecule has 1 N–H and O–H groups in total. The highest BCUT2D eigenvalue weighted by Gasteiger charge is 2.54. The van der Waals surface area contributed by atoms with Gasteiger partial charge >= 0.3 is 6.18 Å². The number of hydrogen-bond acceptors (Lipinski definition) is 7. The van der Waals surface area contributed by atoms with E-state index < -0.39 is 50.8 Å². The van der Waals surface area contributed by atoms with Gasteiger partial charge in [-0.25, -0.2) is 12.7 Å². The zero-order chi connectivity index (χ0) is 23.4. The molecule has 2 aliphatic heterocycles. The summed E-state index contributed by atoms with van der Waals surface area (Å²) in [6.07, 6.45) is -6.16. The average molecular weight is 459 g/mol. The van der Waals surface area contributed by atoms with E-state index in [2.05, 4.69) is 5.48 Å². The van der Waals surface area contributed by atoms with E-state index >= 15 is 0 Å². The number of amides is 1. The molecule has 0 radical (unpaired) electrons. The van der Waals surface area contributed by atoms with Gasteiger partial charge in [0.1, 0.15) is 16.4 Å². The number of nitrogens with zero attached hydrogens (tertiary/aromatic N) is 2. The van der Waals surface area contributed by atoms with Gasteiger partial charge in [-0.3, -0.25) is 4.79 Å². The lowest BCUT2D eigenvalue weighted by molar-refractivity contribution is -0.137. The number of nitriles is 1. The van der Waals surface area contributed by atoms with Crippen LogP contribution in [0.2, 0.25) is 0 Å². The predicted molar refractivity (Wildman–Crippen MR) is 101 cm³/mol. The minimum Gasteiger partial charge on any atom is -0.480 e. The van der Waals surface area contributed by atoms with Gasteiger partial charge in [-0.05, 0) is 32.0 Å². The minimum absolute atomic E-state index is 0.101. The van der Waals surface area contributed by atoms with Crippen molar-refractivity contribution in [1.29, 1.82) is 5.26 Å². The van der Waals surface area contributed by atoms with Gasteiger partial charge in [0.2, 0.25) is 0 Å². The summed E-state index contributed by atoms with van der Waals surface area (Å²) in [6, 6.07) is 3.48. The number of allylic oxidation sites excluding steroid dienone is 1. The molecule has 3 rings (SSSR count). The Hall–Kier alpha value is -2.78. The Labute approximate surface area is 177 Å². The van der Waals surface area contributed by atoms with E-state index in [1.54, 1.807) is 20.8 Å². The largest absolute Gasteiger partial charge is 0.480 e. The first-order valence-electron chi connectivity index (χ1n) is 9.18. The van der Waals surface area contributed by atoms with Crippen molar-refractivity contribution in [2.45, 2.75) is 46.0 Å². The van der Waals surface area contributed by atoms with Crippen LogP contribution in [0, 0.1) is 16.7 Å². The van der Waals surface area contributed by atoms with Crippen molar-refractivity contribution in [1.82, 2.24) is 9.79 Å². The SMILES string of the molecule is CC1=C(S(=O)(=O)N2CC(C)(C)C(Oc3ccc(C#N)c(C(F)(F)F)c3)C2=O)C(C)NO1. The number of benzene rings is 1. The third-order valence-corrected chi connectivity index (χ3v) is 7.19. The molecule has 0 bridgehead atoms. The van der Waals surface area contributed by atoms with Gasteiger partial charge in [0, 0.05) is 12.0 Å². The second-order valence-electron chi connectivity index (χ2n) is 8.02. The van der Waals surface area contributed by atoms with Crippen LogP contribution in [-0.4, -0.2) is 37.3 Å². The highest BCUT2D eigenvalue weighted by Crippen LogP contribution is 2.40. The highest BCUT2D eigenvalue weighted by molar-refractivity contribution is 7.93. The number of alkyl halides is 3. The summed E-state index contributed by atoms with van der Waals surface area (Å²) in [5.41, 5.74) is -0.325. The van der Waals surface area contributed by atoms with E-state index in [-0.39, 0.29) is 23.0 Å². The first kappa shape index (κ1) is 22.9. The summed E-state index contributed by atoms with van der Waals surface area (Å²) < 4.78 is 72.1. The molecule has 168 valence electrons. The van der Waals surface area contributed by atoms with Crippen LogP contribution in [0.4, 0.5) is 13.2 Å². The Morgan fingerprint density at radius 2 is 2.00 bits per heavy atom. The smallest absolute Gasteiger partial charge is 0.417 e. The lowest BCUT2D eigenvalue weighted by Gasteiger charge is -2.24. The van der Waals surface area contributed by atoms with Crippen molar-refractivity contribution in [3.05, 3.63) is 40.0 Å². The molecule has 2 aliphatic rings. The molecule has 31 heavy (non-hydrogen) atoms. The summed E-state index contributed by atoms with van der Waals surface area (Å²) >= 11 is 0. The van der Waals surface area contributed by atoms with Gasteiger partial charge in [-0.1, -0.05) is 13.8 Å². The molecule has 12 heteroatoms. The van der Waals surface area contributed by atoms with E-state index in [0.29, 0.717) is 10.4 Å². The fourth-order valence-electron chi connectivity index (χ4n) is 3.58. The Kier molecular flexibility index (Phi) is 5.48. The second-order valence-corrected chi connectivity index (χ2v) is 9.85. The molecule has 1 aromatic rings. The van der Waals surface area contributed by atoms with E-state index in [1.165, 1.54) is 13.0 Å². The van der Waals surface area contributed by atoms with Crippen molar-refractivity contribution in [3.63, 3.8) is 0 Å². The van der Waals surface area contributed by atoms with Crippen LogP contribution < -0.4 is 10.2 Å². The number of carbonyl (C=O) groups is 1. The monoisotopic (exact) mass is 459 g/mol. The van der Waals surface area contributed by atoms with Gasteiger partial charge in [-0.15, -0.1) is 5.48 Å². The maximum atomic E-state index is 13.2. The summed E-state index contributed by atoms with van der Waals surface area (Å²) in [6.45, 7) is 5.92.